The zero-order valence-electron chi connectivity index (χ0n) is 11.9. The minimum Gasteiger partial charge on any atom is -0.350 e. The maximum absolute atomic E-state index is 12.2. The van der Waals surface area contributed by atoms with Gasteiger partial charge in [-0.3, -0.25) is 9.59 Å². The number of hydrogen-bond acceptors (Lipinski definition) is 3. The van der Waals surface area contributed by atoms with Crippen LogP contribution >= 0.6 is 11.6 Å². The van der Waals surface area contributed by atoms with Crippen LogP contribution in [0.25, 0.3) is 10.4 Å². The first-order valence-electron chi connectivity index (χ1n) is 6.94. The Morgan fingerprint density at radius 1 is 1.41 bits per heavy atom. The molecule has 0 aliphatic carbocycles. The van der Waals surface area contributed by atoms with Gasteiger partial charge in [0.15, 0.2) is 0 Å². The summed E-state index contributed by atoms with van der Waals surface area (Å²) in [7, 11) is 0. The van der Waals surface area contributed by atoms with Crippen LogP contribution in [0.3, 0.4) is 0 Å². The van der Waals surface area contributed by atoms with E-state index < -0.39 is 6.04 Å². The molecule has 116 valence electrons. The summed E-state index contributed by atoms with van der Waals surface area (Å²) in [6, 6.07) is 6.69. The topological polar surface area (TPSA) is 98.2 Å². The molecule has 2 amide bonds. The van der Waals surface area contributed by atoms with E-state index in [9.17, 15) is 9.59 Å². The average molecular weight is 322 g/mol. The average Bonchev–Trinajstić information content (AvgIpc) is 3.01. The minimum atomic E-state index is -0.492. The molecule has 1 aromatic carbocycles. The minimum absolute atomic E-state index is 0.193. The normalized spacial score (nSPS) is 17.0. The molecule has 22 heavy (non-hydrogen) atoms. The van der Waals surface area contributed by atoms with E-state index in [-0.39, 0.29) is 18.4 Å². The first-order valence-corrected chi connectivity index (χ1v) is 7.32. The third kappa shape index (κ3) is 4.13. The van der Waals surface area contributed by atoms with Crippen molar-refractivity contribution in [1.29, 1.82) is 0 Å². The zero-order valence-corrected chi connectivity index (χ0v) is 12.7. The standard InChI is InChI=1S/C14H16ClN5O2/c15-11-5-3-10(4-6-11)8-17-14(22)12-2-1-7-20(12)13(21)9-18-19-16/h3-6,12H,1-2,7-9H2,(H,17,22)/t12-/m0/s1. The molecule has 1 N–H and O–H groups in total. The molecule has 1 atom stereocenters. The molecule has 1 aliphatic rings. The van der Waals surface area contributed by atoms with Crippen LogP contribution < -0.4 is 5.32 Å². The molecule has 1 aliphatic heterocycles. The number of nitrogens with zero attached hydrogens (tertiary/aromatic N) is 4. The Balaban J connectivity index is 1.91. The Bertz CT molecular complexity index is 598. The van der Waals surface area contributed by atoms with Crippen molar-refractivity contribution in [3.05, 3.63) is 45.3 Å². The molecule has 1 saturated heterocycles. The number of amides is 2. The monoisotopic (exact) mass is 321 g/mol. The van der Waals surface area contributed by atoms with E-state index in [1.54, 1.807) is 12.1 Å². The summed E-state index contributed by atoms with van der Waals surface area (Å²) in [6.45, 7) is 0.640. The first-order chi connectivity index (χ1) is 10.6. The van der Waals surface area contributed by atoms with Gasteiger partial charge in [-0.15, -0.1) is 0 Å². The van der Waals surface area contributed by atoms with E-state index in [1.165, 1.54) is 4.90 Å². The largest absolute Gasteiger partial charge is 0.350 e. The smallest absolute Gasteiger partial charge is 0.243 e. The van der Waals surface area contributed by atoms with Gasteiger partial charge in [-0.05, 0) is 36.1 Å². The van der Waals surface area contributed by atoms with Gasteiger partial charge in [0.05, 0.1) is 0 Å². The fourth-order valence-corrected chi connectivity index (χ4v) is 2.56. The predicted molar refractivity (Wildman–Crippen MR) is 82.0 cm³/mol. The van der Waals surface area contributed by atoms with Crippen LogP contribution in [-0.4, -0.2) is 35.8 Å². The Morgan fingerprint density at radius 2 is 2.14 bits per heavy atom. The maximum atomic E-state index is 12.2. The summed E-state index contributed by atoms with van der Waals surface area (Å²) in [6.07, 6.45) is 1.38. The number of nitrogens with one attached hydrogen (secondary N) is 1. The number of hydrogen-bond donors (Lipinski definition) is 1. The molecule has 0 unspecified atom stereocenters. The molecule has 0 aromatic heterocycles. The molecule has 0 spiro atoms. The van der Waals surface area contributed by atoms with Gasteiger partial charge in [0.2, 0.25) is 11.8 Å². The molecule has 0 bridgehead atoms. The van der Waals surface area contributed by atoms with Gasteiger partial charge in [-0.2, -0.15) is 0 Å². The number of halogens is 1. The highest BCUT2D eigenvalue weighted by Crippen LogP contribution is 2.18. The molecule has 0 radical (unpaired) electrons. The summed E-state index contributed by atoms with van der Waals surface area (Å²) in [5.74, 6) is -0.510. The molecule has 7 nitrogen and oxygen atoms in total. The van der Waals surface area contributed by atoms with Crippen molar-refractivity contribution < 1.29 is 9.59 Å². The van der Waals surface area contributed by atoms with Crippen molar-refractivity contribution in [3.63, 3.8) is 0 Å². The van der Waals surface area contributed by atoms with E-state index in [1.807, 2.05) is 12.1 Å². The third-order valence-corrected chi connectivity index (χ3v) is 3.78. The Kier molecular flexibility index (Phi) is 5.63. The van der Waals surface area contributed by atoms with E-state index >= 15 is 0 Å². The van der Waals surface area contributed by atoms with Crippen LogP contribution in [0.1, 0.15) is 18.4 Å². The fraction of sp³-hybridized carbons (Fsp3) is 0.429. The lowest BCUT2D eigenvalue weighted by atomic mass is 10.2. The highest BCUT2D eigenvalue weighted by atomic mass is 35.5. The molecule has 8 heteroatoms. The van der Waals surface area contributed by atoms with E-state index in [4.69, 9.17) is 17.1 Å². The van der Waals surface area contributed by atoms with Gasteiger partial charge >= 0.3 is 0 Å². The molecule has 1 aromatic rings. The van der Waals surface area contributed by atoms with Crippen molar-refractivity contribution in [2.75, 3.05) is 13.1 Å². The molecular formula is C14H16ClN5O2. The van der Waals surface area contributed by atoms with E-state index in [0.29, 0.717) is 24.5 Å². The second-order valence-corrected chi connectivity index (χ2v) is 5.41. The number of carbonyl (C=O) groups is 2. The van der Waals surface area contributed by atoms with Gasteiger partial charge in [0.1, 0.15) is 12.6 Å². The van der Waals surface area contributed by atoms with Crippen molar-refractivity contribution in [2.45, 2.75) is 25.4 Å². The first kappa shape index (κ1) is 16.1. The highest BCUT2D eigenvalue weighted by Gasteiger charge is 2.33. The van der Waals surface area contributed by atoms with Crippen molar-refractivity contribution in [1.82, 2.24) is 10.2 Å². The van der Waals surface area contributed by atoms with Crippen molar-refractivity contribution in [3.8, 4) is 0 Å². The van der Waals surface area contributed by atoms with Crippen molar-refractivity contribution in [2.24, 2.45) is 5.11 Å². The maximum Gasteiger partial charge on any atom is 0.243 e. The molecule has 0 saturated carbocycles. The second-order valence-electron chi connectivity index (χ2n) is 4.98. The summed E-state index contributed by atoms with van der Waals surface area (Å²) in [4.78, 5) is 28.2. The van der Waals surface area contributed by atoms with Crippen LogP contribution in [0, 0.1) is 0 Å². The molecule has 1 fully saturated rings. The summed E-state index contributed by atoms with van der Waals surface area (Å²) in [5.41, 5.74) is 9.19. The lowest BCUT2D eigenvalue weighted by Crippen LogP contribution is -2.46. The Morgan fingerprint density at radius 3 is 2.82 bits per heavy atom. The van der Waals surface area contributed by atoms with Gasteiger partial charge in [0, 0.05) is 23.0 Å². The fourth-order valence-electron chi connectivity index (χ4n) is 2.43. The van der Waals surface area contributed by atoms with Crippen molar-refractivity contribution >= 4 is 23.4 Å². The van der Waals surface area contributed by atoms with E-state index in [0.717, 1.165) is 12.0 Å². The number of benzene rings is 1. The highest BCUT2D eigenvalue weighted by molar-refractivity contribution is 6.30. The van der Waals surface area contributed by atoms with Gasteiger partial charge in [-0.25, -0.2) is 0 Å². The summed E-state index contributed by atoms with van der Waals surface area (Å²) < 4.78 is 0. The Labute approximate surface area is 132 Å². The second kappa shape index (κ2) is 7.68. The predicted octanol–water partition coefficient (Wildman–Crippen LogP) is 2.26. The number of likely N-dealkylation sites (tertiary alicyclic amines) is 1. The van der Waals surface area contributed by atoms with Crippen LogP contribution in [0.4, 0.5) is 0 Å². The summed E-state index contributed by atoms with van der Waals surface area (Å²) in [5, 5.41) is 6.72. The zero-order chi connectivity index (χ0) is 15.9. The lowest BCUT2D eigenvalue weighted by molar-refractivity contribution is -0.137. The number of azide groups is 1. The van der Waals surface area contributed by atoms with Gasteiger partial charge in [0.25, 0.3) is 0 Å². The van der Waals surface area contributed by atoms with Gasteiger partial charge < -0.3 is 10.2 Å². The van der Waals surface area contributed by atoms with Crippen LogP contribution in [0.2, 0.25) is 5.02 Å². The Hall–Kier alpha value is -2.24. The van der Waals surface area contributed by atoms with Crippen LogP contribution in [-0.2, 0) is 16.1 Å². The molecule has 2 rings (SSSR count). The van der Waals surface area contributed by atoms with Crippen LogP contribution in [0.5, 0.6) is 0 Å². The van der Waals surface area contributed by atoms with Gasteiger partial charge in [-0.1, -0.05) is 28.8 Å². The molecule has 1 heterocycles. The number of rotatable bonds is 5. The number of carbonyl (C=O) groups excluding carboxylic acids is 2. The molecular weight excluding hydrogens is 306 g/mol. The lowest BCUT2D eigenvalue weighted by Gasteiger charge is -2.23. The summed E-state index contributed by atoms with van der Waals surface area (Å²) >= 11 is 5.81. The third-order valence-electron chi connectivity index (χ3n) is 3.53. The van der Waals surface area contributed by atoms with E-state index in [2.05, 4.69) is 15.3 Å². The quantitative estimate of drug-likeness (QED) is 0.511. The van der Waals surface area contributed by atoms with Crippen LogP contribution in [0.15, 0.2) is 29.4 Å². The SMILES string of the molecule is [N-]=[N+]=NCC(=O)N1CCC[C@H]1C(=O)NCc1ccc(Cl)cc1.